The largest absolute Gasteiger partial charge is 0.338 e. The molecule has 1 aromatic carbocycles. The molecule has 20 heavy (non-hydrogen) atoms. The Morgan fingerprint density at radius 3 is 3.00 bits per heavy atom. The van der Waals surface area contributed by atoms with E-state index in [-0.39, 0.29) is 5.41 Å². The molecule has 0 bridgehead atoms. The third kappa shape index (κ3) is 2.36. The number of nitrogens with zero attached hydrogens (tertiary/aromatic N) is 2. The van der Waals surface area contributed by atoms with Crippen LogP contribution in [0.15, 0.2) is 28.8 Å². The van der Waals surface area contributed by atoms with Gasteiger partial charge in [0.25, 0.3) is 0 Å². The van der Waals surface area contributed by atoms with Crippen molar-refractivity contribution in [2.24, 2.45) is 0 Å². The molecular weight excluding hydrogens is 250 g/mol. The molecule has 1 atom stereocenters. The zero-order valence-electron chi connectivity index (χ0n) is 12.1. The molecule has 0 amide bonds. The maximum Gasteiger partial charge on any atom is 0.234 e. The van der Waals surface area contributed by atoms with Gasteiger partial charge in [0.05, 0.1) is 5.41 Å². The van der Waals surface area contributed by atoms with Gasteiger partial charge in [0, 0.05) is 12.1 Å². The second-order valence-corrected chi connectivity index (χ2v) is 5.71. The Labute approximate surface area is 119 Å². The summed E-state index contributed by atoms with van der Waals surface area (Å²) in [5.74, 6) is 1.48. The molecule has 4 nitrogen and oxygen atoms in total. The van der Waals surface area contributed by atoms with Gasteiger partial charge in [0.1, 0.15) is 0 Å². The van der Waals surface area contributed by atoms with Crippen molar-refractivity contribution in [1.82, 2.24) is 15.5 Å². The van der Waals surface area contributed by atoms with E-state index in [1.165, 1.54) is 5.56 Å². The van der Waals surface area contributed by atoms with E-state index in [9.17, 15) is 0 Å². The first kappa shape index (κ1) is 13.3. The molecule has 2 heterocycles. The molecule has 1 fully saturated rings. The third-order valence-corrected chi connectivity index (χ3v) is 4.31. The van der Waals surface area contributed by atoms with Crippen molar-refractivity contribution in [1.29, 1.82) is 0 Å². The Morgan fingerprint density at radius 2 is 2.30 bits per heavy atom. The third-order valence-electron chi connectivity index (χ3n) is 4.31. The van der Waals surface area contributed by atoms with Gasteiger partial charge in [0.2, 0.25) is 11.7 Å². The van der Waals surface area contributed by atoms with Gasteiger partial charge >= 0.3 is 0 Å². The smallest absolute Gasteiger partial charge is 0.234 e. The highest BCUT2D eigenvalue weighted by molar-refractivity contribution is 5.55. The van der Waals surface area contributed by atoms with Crippen LogP contribution in [-0.4, -0.2) is 23.2 Å². The predicted molar refractivity (Wildman–Crippen MR) is 78.5 cm³/mol. The first-order valence-corrected chi connectivity index (χ1v) is 7.35. The molecule has 1 saturated heterocycles. The van der Waals surface area contributed by atoms with Gasteiger partial charge in [-0.3, -0.25) is 0 Å². The minimum atomic E-state index is 0.00727. The molecular formula is C16H21N3O. The van der Waals surface area contributed by atoms with Gasteiger partial charge in [-0.1, -0.05) is 35.8 Å². The fourth-order valence-electron chi connectivity index (χ4n) is 2.94. The molecule has 0 saturated carbocycles. The molecule has 0 radical (unpaired) electrons. The Hall–Kier alpha value is -1.68. The molecule has 4 heteroatoms. The summed E-state index contributed by atoms with van der Waals surface area (Å²) < 4.78 is 5.59. The molecule has 0 spiro atoms. The van der Waals surface area contributed by atoms with Crippen LogP contribution in [0.25, 0.3) is 11.4 Å². The average Bonchev–Trinajstić information content (AvgIpc) is 2.98. The fourth-order valence-corrected chi connectivity index (χ4v) is 2.94. The number of aromatic nitrogens is 2. The van der Waals surface area contributed by atoms with Crippen molar-refractivity contribution in [2.45, 2.75) is 38.5 Å². The summed E-state index contributed by atoms with van der Waals surface area (Å²) >= 11 is 0. The normalized spacial score (nSPS) is 22.9. The van der Waals surface area contributed by atoms with E-state index in [1.54, 1.807) is 0 Å². The SMILES string of the molecule is CCC1(c2nc(-c3cccc(C)c3)no2)CCCNC1. The minimum Gasteiger partial charge on any atom is -0.338 e. The van der Waals surface area contributed by atoms with Gasteiger partial charge in [-0.25, -0.2) is 0 Å². The lowest BCUT2D eigenvalue weighted by Crippen LogP contribution is -2.43. The second-order valence-electron chi connectivity index (χ2n) is 5.71. The van der Waals surface area contributed by atoms with Crippen LogP contribution in [0.3, 0.4) is 0 Å². The topological polar surface area (TPSA) is 51.0 Å². The Balaban J connectivity index is 1.93. The highest BCUT2D eigenvalue weighted by Gasteiger charge is 2.37. The van der Waals surface area contributed by atoms with Crippen LogP contribution in [0.4, 0.5) is 0 Å². The summed E-state index contributed by atoms with van der Waals surface area (Å²) in [6, 6.07) is 8.22. The maximum absolute atomic E-state index is 5.59. The van der Waals surface area contributed by atoms with Crippen molar-refractivity contribution in [3.05, 3.63) is 35.7 Å². The van der Waals surface area contributed by atoms with Crippen LogP contribution < -0.4 is 5.32 Å². The van der Waals surface area contributed by atoms with Crippen LogP contribution in [0.2, 0.25) is 0 Å². The van der Waals surface area contributed by atoms with Crippen LogP contribution in [0.5, 0.6) is 0 Å². The average molecular weight is 271 g/mol. The van der Waals surface area contributed by atoms with E-state index >= 15 is 0 Å². The molecule has 0 aliphatic carbocycles. The number of hydrogen-bond donors (Lipinski definition) is 1. The lowest BCUT2D eigenvalue weighted by atomic mass is 9.78. The van der Waals surface area contributed by atoms with Crippen molar-refractivity contribution in [3.63, 3.8) is 0 Å². The van der Waals surface area contributed by atoms with Crippen molar-refractivity contribution in [3.8, 4) is 11.4 Å². The van der Waals surface area contributed by atoms with E-state index in [4.69, 9.17) is 4.52 Å². The first-order chi connectivity index (χ1) is 9.73. The predicted octanol–water partition coefficient (Wildman–Crippen LogP) is 3.08. The first-order valence-electron chi connectivity index (χ1n) is 7.35. The van der Waals surface area contributed by atoms with E-state index < -0.39 is 0 Å². The Bertz CT molecular complexity index is 585. The zero-order valence-corrected chi connectivity index (χ0v) is 12.1. The lowest BCUT2D eigenvalue weighted by Gasteiger charge is -2.33. The molecule has 2 aromatic rings. The van der Waals surface area contributed by atoms with E-state index in [1.807, 2.05) is 12.1 Å². The highest BCUT2D eigenvalue weighted by Crippen LogP contribution is 2.34. The van der Waals surface area contributed by atoms with E-state index in [0.29, 0.717) is 5.82 Å². The van der Waals surface area contributed by atoms with E-state index in [2.05, 4.69) is 41.4 Å². The van der Waals surface area contributed by atoms with Gasteiger partial charge in [-0.2, -0.15) is 4.98 Å². The summed E-state index contributed by atoms with van der Waals surface area (Å²) in [5, 5.41) is 7.64. The minimum absolute atomic E-state index is 0.00727. The summed E-state index contributed by atoms with van der Waals surface area (Å²) in [6.45, 7) is 6.28. The van der Waals surface area contributed by atoms with Crippen LogP contribution in [-0.2, 0) is 5.41 Å². The molecule has 1 aliphatic rings. The van der Waals surface area contributed by atoms with Crippen LogP contribution >= 0.6 is 0 Å². The maximum atomic E-state index is 5.59. The summed E-state index contributed by atoms with van der Waals surface area (Å²) in [7, 11) is 0. The Morgan fingerprint density at radius 1 is 1.40 bits per heavy atom. The van der Waals surface area contributed by atoms with Gasteiger partial charge in [-0.05, 0) is 38.8 Å². The summed E-state index contributed by atoms with van der Waals surface area (Å²) in [4.78, 5) is 4.67. The second kappa shape index (κ2) is 5.37. The zero-order chi connectivity index (χ0) is 14.0. The standard InChI is InChI=1S/C16H21N3O/c1-3-16(8-5-9-17-11-16)15-18-14(19-20-15)13-7-4-6-12(2)10-13/h4,6-7,10,17H,3,5,8-9,11H2,1-2H3. The van der Waals surface area contributed by atoms with Crippen molar-refractivity contribution >= 4 is 0 Å². The molecule has 3 rings (SSSR count). The van der Waals surface area contributed by atoms with Crippen LogP contribution in [0.1, 0.15) is 37.6 Å². The molecule has 106 valence electrons. The van der Waals surface area contributed by atoms with E-state index in [0.717, 1.165) is 43.8 Å². The number of aryl methyl sites for hydroxylation is 1. The summed E-state index contributed by atoms with van der Waals surface area (Å²) in [6.07, 6.45) is 3.30. The summed E-state index contributed by atoms with van der Waals surface area (Å²) in [5.41, 5.74) is 2.24. The molecule has 1 aromatic heterocycles. The van der Waals surface area contributed by atoms with Gasteiger partial charge in [0.15, 0.2) is 0 Å². The number of nitrogens with one attached hydrogen (secondary N) is 1. The van der Waals surface area contributed by atoms with Gasteiger partial charge in [-0.15, -0.1) is 0 Å². The number of hydrogen-bond acceptors (Lipinski definition) is 4. The monoisotopic (exact) mass is 271 g/mol. The van der Waals surface area contributed by atoms with Crippen molar-refractivity contribution < 1.29 is 4.52 Å². The fraction of sp³-hybridized carbons (Fsp3) is 0.500. The number of piperidine rings is 1. The quantitative estimate of drug-likeness (QED) is 0.932. The number of benzene rings is 1. The van der Waals surface area contributed by atoms with Crippen molar-refractivity contribution in [2.75, 3.05) is 13.1 Å². The lowest BCUT2D eigenvalue weighted by molar-refractivity contribution is 0.221. The molecule has 1 aliphatic heterocycles. The molecule has 1 N–H and O–H groups in total. The number of rotatable bonds is 3. The van der Waals surface area contributed by atoms with Crippen LogP contribution in [0, 0.1) is 6.92 Å². The highest BCUT2D eigenvalue weighted by atomic mass is 16.5. The molecule has 1 unspecified atom stereocenters. The van der Waals surface area contributed by atoms with Gasteiger partial charge < -0.3 is 9.84 Å². The Kier molecular flexibility index (Phi) is 3.57.